The highest BCUT2D eigenvalue weighted by atomic mass is 32.2. The SMILES string of the molecule is Cn1cncc1C1=NC(NC2CCN(S(C)(=O)=O)CC2)NC(/C=N/N(CC2CCOCC2)C(N)=S)=C1. The number of aliphatic imine (C=N–C) groups is 1. The first kappa shape index (κ1) is 26.7. The van der Waals surface area contributed by atoms with Crippen molar-refractivity contribution in [1.82, 2.24) is 29.5 Å². The highest BCUT2D eigenvalue weighted by Crippen LogP contribution is 2.18. The van der Waals surface area contributed by atoms with E-state index in [1.807, 2.05) is 17.7 Å². The number of nitrogens with one attached hydrogen (secondary N) is 2. The van der Waals surface area contributed by atoms with Crippen molar-refractivity contribution < 1.29 is 13.2 Å². The summed E-state index contributed by atoms with van der Waals surface area (Å²) >= 11 is 5.25. The molecule has 1 atom stereocenters. The van der Waals surface area contributed by atoms with Gasteiger partial charge < -0.3 is 20.4 Å². The molecule has 3 aliphatic heterocycles. The normalized spacial score (nSPS) is 22.8. The van der Waals surface area contributed by atoms with E-state index in [4.69, 9.17) is 27.7 Å². The summed E-state index contributed by atoms with van der Waals surface area (Å²) in [7, 11) is -1.26. The van der Waals surface area contributed by atoms with Crippen LogP contribution in [0.15, 0.2) is 34.4 Å². The molecule has 3 aliphatic rings. The molecule has 0 spiro atoms. The van der Waals surface area contributed by atoms with Crippen molar-refractivity contribution in [3.63, 3.8) is 0 Å². The Bertz CT molecular complexity index is 1120. The van der Waals surface area contributed by atoms with Gasteiger partial charge >= 0.3 is 0 Å². The first-order chi connectivity index (χ1) is 17.2. The fourth-order valence-corrected chi connectivity index (χ4v) is 5.53. The maximum Gasteiger partial charge on any atom is 0.211 e. The van der Waals surface area contributed by atoms with Crippen LogP contribution in [0.3, 0.4) is 0 Å². The molecule has 4 N–H and O–H groups in total. The number of hydrogen-bond acceptors (Lipinski definition) is 9. The Hall–Kier alpha value is -2.39. The van der Waals surface area contributed by atoms with Gasteiger partial charge in [-0.1, -0.05) is 0 Å². The van der Waals surface area contributed by atoms with Gasteiger partial charge in [-0.15, -0.1) is 0 Å². The molecular formula is C22H35N9O3S2. The molecule has 4 rings (SSSR count). The van der Waals surface area contributed by atoms with Crippen molar-refractivity contribution in [2.24, 2.45) is 28.8 Å². The number of sulfonamides is 1. The monoisotopic (exact) mass is 537 g/mol. The highest BCUT2D eigenvalue weighted by Gasteiger charge is 2.27. The van der Waals surface area contributed by atoms with Crippen molar-refractivity contribution in [3.8, 4) is 0 Å². The van der Waals surface area contributed by atoms with Crippen LogP contribution in [0.25, 0.3) is 0 Å². The molecule has 0 saturated carbocycles. The standard InChI is InChI=1S/C22H35N9O3S2/c1-29-15-24-13-20(29)19-11-18(12-25-31(21(23)35)14-16-5-9-34-10-6-16)27-22(28-19)26-17-3-7-30(8-4-17)36(2,32)33/h11-13,15-17,22,26-27H,3-10,14H2,1-2H3,(H2,23,35)/b25-12+. The lowest BCUT2D eigenvalue weighted by Gasteiger charge is -2.33. The van der Waals surface area contributed by atoms with E-state index >= 15 is 0 Å². The maximum atomic E-state index is 11.8. The summed E-state index contributed by atoms with van der Waals surface area (Å²) in [6.45, 7) is 3.10. The Morgan fingerprint density at radius 2 is 2.08 bits per heavy atom. The second-order valence-electron chi connectivity index (χ2n) is 9.37. The van der Waals surface area contributed by atoms with Gasteiger partial charge in [0.05, 0.1) is 42.1 Å². The number of piperidine rings is 1. The number of hydrogen-bond donors (Lipinski definition) is 3. The van der Waals surface area contributed by atoms with E-state index in [0.717, 1.165) is 43.2 Å². The summed E-state index contributed by atoms with van der Waals surface area (Å²) in [5.41, 5.74) is 8.34. The lowest BCUT2D eigenvalue weighted by molar-refractivity contribution is 0.0599. The summed E-state index contributed by atoms with van der Waals surface area (Å²) in [6.07, 6.45) is 11.3. The van der Waals surface area contributed by atoms with Crippen molar-refractivity contribution >= 4 is 39.3 Å². The molecular weight excluding hydrogens is 502 g/mol. The van der Waals surface area contributed by atoms with Crippen LogP contribution in [0.4, 0.5) is 0 Å². The molecule has 0 aliphatic carbocycles. The minimum absolute atomic E-state index is 0.120. The second kappa shape index (κ2) is 11.8. The van der Waals surface area contributed by atoms with Crippen LogP contribution >= 0.6 is 12.2 Å². The molecule has 2 fully saturated rings. The van der Waals surface area contributed by atoms with Gasteiger partial charge in [0.25, 0.3) is 0 Å². The molecule has 36 heavy (non-hydrogen) atoms. The van der Waals surface area contributed by atoms with Crippen LogP contribution in [-0.4, -0.2) is 95.8 Å². The van der Waals surface area contributed by atoms with Crippen molar-refractivity contribution in [2.75, 3.05) is 39.1 Å². The van der Waals surface area contributed by atoms with Gasteiger partial charge in [-0.3, -0.25) is 5.32 Å². The van der Waals surface area contributed by atoms with Crippen LogP contribution in [0.5, 0.6) is 0 Å². The molecule has 2 saturated heterocycles. The third kappa shape index (κ3) is 7.09. The predicted molar refractivity (Wildman–Crippen MR) is 143 cm³/mol. The minimum Gasteiger partial charge on any atom is -0.381 e. The number of aromatic nitrogens is 2. The summed E-state index contributed by atoms with van der Waals surface area (Å²) in [4.78, 5) is 9.06. The van der Waals surface area contributed by atoms with Crippen LogP contribution in [0, 0.1) is 5.92 Å². The smallest absolute Gasteiger partial charge is 0.211 e. The first-order valence-electron chi connectivity index (χ1n) is 12.1. The number of hydrazone groups is 1. The molecule has 0 bridgehead atoms. The van der Waals surface area contributed by atoms with Gasteiger partial charge in [0, 0.05) is 45.9 Å². The van der Waals surface area contributed by atoms with Crippen LogP contribution in [0.2, 0.25) is 0 Å². The number of aryl methyl sites for hydroxylation is 1. The molecule has 0 aromatic carbocycles. The topological polar surface area (TPSA) is 142 Å². The Morgan fingerprint density at radius 1 is 1.36 bits per heavy atom. The molecule has 14 heteroatoms. The van der Waals surface area contributed by atoms with E-state index < -0.39 is 16.3 Å². The number of nitrogens with zero attached hydrogens (tertiary/aromatic N) is 6. The summed E-state index contributed by atoms with van der Waals surface area (Å²) in [5, 5.41) is 13.4. The van der Waals surface area contributed by atoms with E-state index in [2.05, 4.69) is 20.7 Å². The zero-order valence-corrected chi connectivity index (χ0v) is 22.3. The van der Waals surface area contributed by atoms with E-state index in [-0.39, 0.29) is 11.2 Å². The predicted octanol–water partition coefficient (Wildman–Crippen LogP) is -0.0485. The largest absolute Gasteiger partial charge is 0.381 e. The van der Waals surface area contributed by atoms with Crippen LogP contribution in [0.1, 0.15) is 31.4 Å². The molecule has 1 aromatic rings. The lowest BCUT2D eigenvalue weighted by Crippen LogP contribution is -2.52. The molecule has 1 aromatic heterocycles. The molecule has 4 heterocycles. The second-order valence-corrected chi connectivity index (χ2v) is 11.8. The number of nitrogens with two attached hydrogens (primary N) is 1. The van der Waals surface area contributed by atoms with Crippen molar-refractivity contribution in [3.05, 3.63) is 30.0 Å². The van der Waals surface area contributed by atoms with Gasteiger partial charge in [0.1, 0.15) is 0 Å². The van der Waals surface area contributed by atoms with Gasteiger partial charge in [-0.05, 0) is 49.9 Å². The van der Waals surface area contributed by atoms with Gasteiger partial charge in [-0.2, -0.15) is 5.10 Å². The summed E-state index contributed by atoms with van der Waals surface area (Å²) < 4.78 is 32.6. The zero-order valence-electron chi connectivity index (χ0n) is 20.7. The number of ether oxygens (including phenoxy) is 1. The first-order valence-corrected chi connectivity index (χ1v) is 14.4. The molecule has 198 valence electrons. The maximum absolute atomic E-state index is 11.8. The molecule has 12 nitrogen and oxygen atoms in total. The van der Waals surface area contributed by atoms with Gasteiger partial charge in [0.2, 0.25) is 10.0 Å². The quantitative estimate of drug-likeness (QED) is 0.236. The molecule has 0 radical (unpaired) electrons. The average Bonchev–Trinajstić information content (AvgIpc) is 3.28. The summed E-state index contributed by atoms with van der Waals surface area (Å²) in [6, 6.07) is 0.120. The van der Waals surface area contributed by atoms with E-state index in [9.17, 15) is 8.42 Å². The third-order valence-electron chi connectivity index (χ3n) is 6.62. The fourth-order valence-electron chi connectivity index (χ4n) is 4.53. The number of allylic oxidation sites excluding steroid dienone is 2. The number of rotatable bonds is 8. The fraction of sp³-hybridized carbons (Fsp3) is 0.636. The number of imidazole rings is 1. The Morgan fingerprint density at radius 3 is 2.69 bits per heavy atom. The molecule has 1 unspecified atom stereocenters. The van der Waals surface area contributed by atoms with E-state index in [1.54, 1.807) is 23.7 Å². The van der Waals surface area contributed by atoms with Crippen LogP contribution < -0.4 is 16.4 Å². The Kier molecular flexibility index (Phi) is 8.72. The van der Waals surface area contributed by atoms with E-state index in [0.29, 0.717) is 38.4 Å². The Balaban J connectivity index is 1.47. The van der Waals surface area contributed by atoms with Crippen molar-refractivity contribution in [2.45, 2.75) is 38.0 Å². The van der Waals surface area contributed by atoms with Crippen molar-refractivity contribution in [1.29, 1.82) is 0 Å². The lowest BCUT2D eigenvalue weighted by atomic mass is 10.0. The van der Waals surface area contributed by atoms with Gasteiger partial charge in [0.15, 0.2) is 11.4 Å². The minimum atomic E-state index is -3.17. The average molecular weight is 538 g/mol. The Labute approximate surface area is 217 Å². The highest BCUT2D eigenvalue weighted by molar-refractivity contribution is 7.88. The van der Waals surface area contributed by atoms with Crippen LogP contribution in [-0.2, 0) is 21.8 Å². The zero-order chi connectivity index (χ0) is 25.7. The molecule has 0 amide bonds. The number of thiocarbonyl (C=S) groups is 1. The van der Waals surface area contributed by atoms with Gasteiger partial charge in [-0.25, -0.2) is 27.7 Å². The van der Waals surface area contributed by atoms with E-state index in [1.165, 1.54) is 10.6 Å². The summed E-state index contributed by atoms with van der Waals surface area (Å²) in [5.74, 6) is 0.421. The third-order valence-corrected chi connectivity index (χ3v) is 8.14.